The molecule has 0 saturated carbocycles. The van der Waals surface area contributed by atoms with Crippen molar-refractivity contribution in [1.82, 2.24) is 19.6 Å². The molecular weight excluding hydrogens is 613 g/mol. The fraction of sp³-hybridized carbons (Fsp3) is 0.531. The second kappa shape index (κ2) is 13.5. The largest absolute Gasteiger partial charge is 0.491 e. The fourth-order valence-electron chi connectivity index (χ4n) is 7.09. The zero-order valence-electron chi connectivity index (χ0n) is 26.9. The molecule has 2 aliphatic heterocycles. The van der Waals surface area contributed by atoms with Crippen LogP contribution in [0.4, 0.5) is 9.80 Å². The van der Waals surface area contributed by atoms with E-state index in [9.17, 15) is 19.5 Å². The van der Waals surface area contributed by atoms with Crippen LogP contribution in [0.1, 0.15) is 43.9 Å². The predicted octanol–water partition coefficient (Wildman–Crippen LogP) is 3.53. The lowest BCUT2D eigenvalue weighted by Crippen LogP contribution is -2.45. The van der Waals surface area contributed by atoms with Crippen LogP contribution < -0.4 is 15.2 Å². The minimum Gasteiger partial charge on any atom is -0.491 e. The number of amides is 1. The molecule has 1 saturated heterocycles. The summed E-state index contributed by atoms with van der Waals surface area (Å²) in [6.07, 6.45) is 4.87. The SMILES string of the molecule is COC(=O)CCCCN1C(=O)[C@]2(O[C@H](CCn3cc(CCO)nn3)[C@@H]([Si](C)(C)F)[C@@H]2C)c2cc(-n3cccc(OC)c3=O)ccc21. The predicted molar refractivity (Wildman–Crippen MR) is 170 cm³/mol. The maximum atomic E-state index is 16.3. The number of hydrogen-bond acceptors (Lipinski definition) is 9. The number of fused-ring (bicyclic) bond motifs is 2. The smallest absolute Gasteiger partial charge is 0.305 e. The van der Waals surface area contributed by atoms with Crippen molar-refractivity contribution in [3.8, 4) is 11.4 Å². The number of aliphatic hydroxyl groups is 1. The maximum Gasteiger partial charge on any atom is 0.305 e. The molecule has 2 aliphatic rings. The number of methoxy groups -OCH3 is 2. The first-order chi connectivity index (χ1) is 22.0. The molecule has 14 heteroatoms. The molecule has 2 aromatic heterocycles. The standard InChI is InChI=1S/C32H42FN5O7Si/c1-21-29(46(4,5)33)26(13-17-36-20-22(14-18-39)34-35-36)45-32(21)24-19-23(37-16-8-9-27(43-2)30(37)41)11-12-25(24)38(31(32)42)15-7-6-10-28(40)44-3/h8-9,11-12,16,19-21,26,29,39H,6-7,10,13-15,17-18H2,1-5H3/t21-,26+,29-,32+/m0/s1. The van der Waals surface area contributed by atoms with Gasteiger partial charge in [0.1, 0.15) is 0 Å². The van der Waals surface area contributed by atoms with E-state index < -0.39 is 31.6 Å². The molecule has 4 heterocycles. The Labute approximate surface area is 268 Å². The van der Waals surface area contributed by atoms with Crippen LogP contribution in [0.15, 0.2) is 47.5 Å². The van der Waals surface area contributed by atoms with Gasteiger partial charge in [-0.2, -0.15) is 0 Å². The highest BCUT2D eigenvalue weighted by atomic mass is 28.4. The highest BCUT2D eigenvalue weighted by Gasteiger charge is 2.66. The van der Waals surface area contributed by atoms with E-state index in [1.54, 1.807) is 65.4 Å². The van der Waals surface area contributed by atoms with Crippen LogP contribution in [-0.2, 0) is 37.6 Å². The number of anilines is 1. The Balaban J connectivity index is 1.55. The van der Waals surface area contributed by atoms with E-state index in [-0.39, 0.29) is 36.2 Å². The first kappa shape index (κ1) is 33.5. The molecule has 0 bridgehead atoms. The van der Waals surface area contributed by atoms with Crippen LogP contribution in [0, 0.1) is 5.92 Å². The van der Waals surface area contributed by atoms with E-state index in [0.29, 0.717) is 61.4 Å². The van der Waals surface area contributed by atoms with Gasteiger partial charge >= 0.3 is 5.97 Å². The summed E-state index contributed by atoms with van der Waals surface area (Å²) in [4.78, 5) is 41.2. The van der Waals surface area contributed by atoms with Gasteiger partial charge < -0.3 is 28.3 Å². The van der Waals surface area contributed by atoms with Gasteiger partial charge in [-0.25, -0.2) is 0 Å². The van der Waals surface area contributed by atoms with Crippen LogP contribution in [0.2, 0.25) is 18.6 Å². The number of hydrogen-bond donors (Lipinski definition) is 1. The summed E-state index contributed by atoms with van der Waals surface area (Å²) in [6, 6.07) is 8.66. The molecule has 12 nitrogen and oxygen atoms in total. The van der Waals surface area contributed by atoms with Gasteiger partial charge in [0, 0.05) is 67.6 Å². The van der Waals surface area contributed by atoms with Gasteiger partial charge in [0.15, 0.2) is 11.4 Å². The first-order valence-electron chi connectivity index (χ1n) is 15.6. The number of carbonyl (C=O) groups is 2. The van der Waals surface area contributed by atoms with Crippen molar-refractivity contribution in [3.05, 3.63) is 64.3 Å². The van der Waals surface area contributed by atoms with Crippen LogP contribution in [-0.4, -0.2) is 78.4 Å². The van der Waals surface area contributed by atoms with E-state index in [1.807, 2.05) is 6.92 Å². The molecule has 4 atom stereocenters. The van der Waals surface area contributed by atoms with Gasteiger partial charge in [0.25, 0.3) is 11.5 Å². The third-order valence-electron chi connectivity index (χ3n) is 9.19. The van der Waals surface area contributed by atoms with E-state index in [1.165, 1.54) is 18.8 Å². The van der Waals surface area contributed by atoms with Crippen LogP contribution >= 0.6 is 0 Å². The number of aryl methyl sites for hydroxylation is 1. The summed E-state index contributed by atoms with van der Waals surface area (Å²) < 4.78 is 36.2. The number of unbranched alkanes of at least 4 members (excludes halogenated alkanes) is 1. The third kappa shape index (κ3) is 6.12. The van der Waals surface area contributed by atoms with Crippen molar-refractivity contribution < 1.29 is 33.0 Å². The van der Waals surface area contributed by atoms with E-state index in [0.717, 1.165) is 0 Å². The monoisotopic (exact) mass is 655 g/mol. The maximum absolute atomic E-state index is 16.3. The summed E-state index contributed by atoms with van der Waals surface area (Å²) in [6.45, 7) is 5.87. The average molecular weight is 656 g/mol. The molecule has 1 N–H and O–H groups in total. The number of esters is 1. The average Bonchev–Trinajstić information content (AvgIpc) is 3.67. The molecule has 0 unspecified atom stereocenters. The molecule has 1 aromatic carbocycles. The second-order valence-corrected chi connectivity index (χ2v) is 16.2. The van der Waals surface area contributed by atoms with Gasteiger partial charge in [0.05, 0.1) is 31.7 Å². The number of aliphatic hydroxyl groups excluding tert-OH is 1. The van der Waals surface area contributed by atoms with Crippen molar-refractivity contribution >= 4 is 26.0 Å². The molecule has 248 valence electrons. The van der Waals surface area contributed by atoms with Gasteiger partial charge in [-0.1, -0.05) is 12.1 Å². The van der Waals surface area contributed by atoms with Crippen molar-refractivity contribution in [1.29, 1.82) is 0 Å². The lowest BCUT2D eigenvalue weighted by Gasteiger charge is -2.31. The number of benzene rings is 1. The summed E-state index contributed by atoms with van der Waals surface area (Å²) in [7, 11) is -0.634. The number of carbonyl (C=O) groups excluding carboxylic acids is 2. The normalized spacial score (nSPS) is 22.5. The molecule has 46 heavy (non-hydrogen) atoms. The lowest BCUT2D eigenvalue weighted by molar-refractivity contribution is -0.146. The fourth-order valence-corrected chi connectivity index (χ4v) is 9.63. The van der Waals surface area contributed by atoms with Crippen molar-refractivity contribution in [2.24, 2.45) is 5.92 Å². The van der Waals surface area contributed by atoms with Gasteiger partial charge in [-0.05, 0) is 62.7 Å². The topological polar surface area (TPSA) is 138 Å². The summed E-state index contributed by atoms with van der Waals surface area (Å²) in [5.74, 6) is -0.942. The summed E-state index contributed by atoms with van der Waals surface area (Å²) in [5.41, 5.74) is 0.0383. The summed E-state index contributed by atoms with van der Waals surface area (Å²) >= 11 is 0. The molecule has 5 rings (SSSR count). The number of nitrogens with zero attached hydrogens (tertiary/aromatic N) is 5. The lowest BCUT2D eigenvalue weighted by atomic mass is 9.82. The van der Waals surface area contributed by atoms with E-state index in [4.69, 9.17) is 14.2 Å². The third-order valence-corrected chi connectivity index (χ3v) is 11.6. The molecular formula is C32H42FN5O7Si. The van der Waals surface area contributed by atoms with Gasteiger partial charge in [-0.15, -0.1) is 5.10 Å². The van der Waals surface area contributed by atoms with Gasteiger partial charge in [0.2, 0.25) is 8.41 Å². The Morgan fingerprint density at radius 2 is 1.96 bits per heavy atom. The number of halogens is 1. The van der Waals surface area contributed by atoms with Crippen molar-refractivity contribution in [2.45, 2.75) is 75.9 Å². The number of aromatic nitrogens is 4. The Morgan fingerprint density at radius 3 is 2.65 bits per heavy atom. The summed E-state index contributed by atoms with van der Waals surface area (Å²) in [5, 5.41) is 17.5. The first-order valence-corrected chi connectivity index (χ1v) is 18.6. The highest BCUT2D eigenvalue weighted by molar-refractivity contribution is 6.72. The molecule has 1 fully saturated rings. The Morgan fingerprint density at radius 1 is 1.17 bits per heavy atom. The van der Waals surface area contributed by atoms with Crippen LogP contribution in [0.25, 0.3) is 5.69 Å². The zero-order valence-corrected chi connectivity index (χ0v) is 27.9. The number of ether oxygens (including phenoxy) is 3. The quantitative estimate of drug-likeness (QED) is 0.127. The zero-order chi connectivity index (χ0) is 33.2. The Hall–Kier alpha value is -3.88. The molecule has 0 aliphatic carbocycles. The van der Waals surface area contributed by atoms with Crippen LogP contribution in [0.3, 0.4) is 0 Å². The minimum absolute atomic E-state index is 0.0429. The molecule has 1 amide bonds. The van der Waals surface area contributed by atoms with E-state index in [2.05, 4.69) is 10.3 Å². The van der Waals surface area contributed by atoms with Crippen molar-refractivity contribution in [3.63, 3.8) is 0 Å². The number of rotatable bonds is 13. The van der Waals surface area contributed by atoms with E-state index >= 15 is 4.11 Å². The number of pyridine rings is 1. The highest BCUT2D eigenvalue weighted by Crippen LogP contribution is 2.60. The molecule has 1 spiro atoms. The van der Waals surface area contributed by atoms with Crippen LogP contribution in [0.5, 0.6) is 5.75 Å². The van der Waals surface area contributed by atoms with Gasteiger partial charge in [-0.3, -0.25) is 23.6 Å². The Kier molecular flexibility index (Phi) is 9.80. The Bertz CT molecular complexity index is 1640. The molecule has 0 radical (unpaired) electrons. The van der Waals surface area contributed by atoms with Crippen molar-refractivity contribution in [2.75, 3.05) is 32.3 Å². The minimum atomic E-state index is -3.41. The molecule has 3 aromatic rings. The second-order valence-electron chi connectivity index (χ2n) is 12.4.